The molecule has 0 bridgehead atoms. The fourth-order valence-electron chi connectivity index (χ4n) is 0.891. The van der Waals surface area contributed by atoms with Crippen LogP contribution >= 0.6 is 0 Å². The maximum atomic E-state index is 10.7. The molecule has 1 aromatic carbocycles. The van der Waals surface area contributed by atoms with Crippen molar-refractivity contribution in [3.63, 3.8) is 0 Å². The van der Waals surface area contributed by atoms with Gasteiger partial charge in [0.25, 0.3) is 0 Å². The first-order valence-electron chi connectivity index (χ1n) is 3.81. The Bertz CT molecular complexity index is 372. The van der Waals surface area contributed by atoms with E-state index in [0.717, 1.165) is 0 Å². The zero-order valence-electron chi connectivity index (χ0n) is 7.47. The number of aromatic carboxylic acids is 1. The molecule has 14 heavy (non-hydrogen) atoms. The van der Waals surface area contributed by atoms with Gasteiger partial charge in [0.1, 0.15) is 12.6 Å². The molecule has 6 heteroatoms. The second-order valence-electron chi connectivity index (χ2n) is 2.53. The zero-order valence-corrected chi connectivity index (χ0v) is 7.47. The van der Waals surface area contributed by atoms with E-state index in [-0.39, 0.29) is 11.3 Å². The van der Waals surface area contributed by atoms with Crippen LogP contribution in [0.2, 0.25) is 0 Å². The minimum Gasteiger partial charge on any atom is -0.696 e. The normalized spacial score (nSPS) is 11.1. The molecule has 74 valence electrons. The van der Waals surface area contributed by atoms with Gasteiger partial charge in [-0.05, 0) is 12.1 Å². The molecule has 0 saturated heterocycles. The van der Waals surface area contributed by atoms with Gasteiger partial charge in [0, 0.05) is 0 Å². The standard InChI is InChI=1S/C8H9N3O3/c1-11(14)10-9-7-5-3-2-4-6(7)8(12)13/h2-5,9H,1H3,(H,12,13). The van der Waals surface area contributed by atoms with E-state index in [1.165, 1.54) is 19.2 Å². The van der Waals surface area contributed by atoms with Gasteiger partial charge in [0.05, 0.1) is 5.22 Å². The van der Waals surface area contributed by atoms with Crippen molar-refractivity contribution >= 4 is 11.7 Å². The minimum atomic E-state index is -1.07. The van der Waals surface area contributed by atoms with Crippen molar-refractivity contribution in [2.45, 2.75) is 0 Å². The summed E-state index contributed by atoms with van der Waals surface area (Å²) in [4.78, 5) is 11.0. The first-order chi connectivity index (χ1) is 6.61. The number of hydroxylamine groups is 1. The summed E-state index contributed by atoms with van der Waals surface area (Å²) in [5, 5.41) is 22.5. The molecule has 6 nitrogen and oxygen atoms in total. The van der Waals surface area contributed by atoms with Crippen LogP contribution < -0.4 is 5.43 Å². The van der Waals surface area contributed by atoms with Crippen LogP contribution in [0.1, 0.15) is 10.4 Å². The van der Waals surface area contributed by atoms with Crippen molar-refractivity contribution in [3.05, 3.63) is 35.0 Å². The number of nitrogens with one attached hydrogen (secondary N) is 1. The zero-order chi connectivity index (χ0) is 10.6. The van der Waals surface area contributed by atoms with E-state index in [1.54, 1.807) is 12.1 Å². The molecule has 1 aromatic rings. The second kappa shape index (κ2) is 4.22. The Balaban J connectivity index is 2.96. The molecule has 0 amide bonds. The van der Waals surface area contributed by atoms with Gasteiger partial charge in [0.15, 0.2) is 5.69 Å². The van der Waals surface area contributed by atoms with Gasteiger partial charge < -0.3 is 10.3 Å². The summed E-state index contributed by atoms with van der Waals surface area (Å²) in [6, 6.07) is 6.19. The topological polar surface area (TPSA) is 87.8 Å². The van der Waals surface area contributed by atoms with Crippen molar-refractivity contribution in [3.8, 4) is 0 Å². The van der Waals surface area contributed by atoms with Crippen molar-refractivity contribution in [2.75, 3.05) is 12.5 Å². The molecular formula is C8H9N3O3. The molecule has 0 aliphatic heterocycles. The number of carboxylic acids is 1. The number of rotatable bonds is 3. The molecule has 0 fully saturated rings. The van der Waals surface area contributed by atoms with Gasteiger partial charge >= 0.3 is 5.97 Å². The van der Waals surface area contributed by atoms with E-state index < -0.39 is 5.97 Å². The SMILES string of the molecule is C[N+]([O-])=NNc1ccccc1C(=O)O. The van der Waals surface area contributed by atoms with Crippen LogP contribution in [0.3, 0.4) is 0 Å². The number of anilines is 1. The number of para-hydroxylation sites is 1. The van der Waals surface area contributed by atoms with Gasteiger partial charge in [-0.2, -0.15) is 4.86 Å². The third-order valence-electron chi connectivity index (χ3n) is 1.47. The molecule has 0 aliphatic rings. The minimum absolute atomic E-state index is 0.0677. The molecule has 2 N–H and O–H groups in total. The molecule has 0 radical (unpaired) electrons. The summed E-state index contributed by atoms with van der Waals surface area (Å²) < 4.78 is 0. The lowest BCUT2D eigenvalue weighted by Crippen LogP contribution is -2.03. The maximum Gasteiger partial charge on any atom is 0.340 e. The first-order valence-corrected chi connectivity index (χ1v) is 3.81. The van der Waals surface area contributed by atoms with E-state index in [1.807, 2.05) is 0 Å². The molecule has 1 rings (SSSR count). The lowest BCUT2D eigenvalue weighted by Gasteiger charge is -2.00. The predicted octanol–water partition coefficient (Wildman–Crippen LogP) is 1.30. The van der Waals surface area contributed by atoms with Crippen molar-refractivity contribution in [1.82, 2.24) is 0 Å². The summed E-state index contributed by atoms with van der Waals surface area (Å²) in [6.45, 7) is 0. The molecule has 0 saturated carbocycles. The Labute approximate surface area is 80.0 Å². The Morgan fingerprint density at radius 1 is 1.57 bits per heavy atom. The van der Waals surface area contributed by atoms with E-state index in [0.29, 0.717) is 4.86 Å². The predicted molar refractivity (Wildman–Crippen MR) is 49.0 cm³/mol. The van der Waals surface area contributed by atoms with Gasteiger partial charge in [-0.25, -0.2) is 4.79 Å². The van der Waals surface area contributed by atoms with Crippen LogP contribution in [0.4, 0.5) is 5.69 Å². The summed E-state index contributed by atoms with van der Waals surface area (Å²) in [5.41, 5.74) is 2.70. The highest BCUT2D eigenvalue weighted by Crippen LogP contribution is 2.14. The largest absolute Gasteiger partial charge is 0.696 e. The molecule has 0 heterocycles. The summed E-state index contributed by atoms with van der Waals surface area (Å²) in [5.74, 6) is -1.07. The first kappa shape index (κ1) is 9.97. The quantitative estimate of drug-likeness (QED) is 0.432. The Hall–Kier alpha value is -2.11. The van der Waals surface area contributed by atoms with Crippen LogP contribution in [-0.4, -0.2) is 23.0 Å². The van der Waals surface area contributed by atoms with E-state index >= 15 is 0 Å². The molecule has 0 aliphatic carbocycles. The summed E-state index contributed by atoms with van der Waals surface area (Å²) in [6.07, 6.45) is 0. The molecule has 0 atom stereocenters. The van der Waals surface area contributed by atoms with Crippen molar-refractivity contribution in [2.24, 2.45) is 5.22 Å². The van der Waals surface area contributed by atoms with Crippen LogP contribution in [0.25, 0.3) is 0 Å². The molecule has 0 unspecified atom stereocenters. The second-order valence-corrected chi connectivity index (χ2v) is 2.53. The Morgan fingerprint density at radius 3 is 2.79 bits per heavy atom. The smallest absolute Gasteiger partial charge is 0.340 e. The Morgan fingerprint density at radius 2 is 2.21 bits per heavy atom. The highest BCUT2D eigenvalue weighted by Gasteiger charge is 2.11. The third-order valence-corrected chi connectivity index (χ3v) is 1.47. The fraction of sp³-hybridized carbons (Fsp3) is 0.125. The van der Waals surface area contributed by atoms with E-state index in [9.17, 15) is 10.0 Å². The molecule has 0 aromatic heterocycles. The number of hydrogen-bond acceptors (Lipinski definition) is 3. The highest BCUT2D eigenvalue weighted by molar-refractivity contribution is 5.94. The number of carbonyl (C=O) groups is 1. The van der Waals surface area contributed by atoms with Gasteiger partial charge in [-0.1, -0.05) is 12.1 Å². The lowest BCUT2D eigenvalue weighted by molar-refractivity contribution is -0.497. The summed E-state index contributed by atoms with van der Waals surface area (Å²) >= 11 is 0. The average Bonchev–Trinajstić information content (AvgIpc) is 2.15. The molecule has 0 spiro atoms. The number of benzene rings is 1. The lowest BCUT2D eigenvalue weighted by atomic mass is 10.2. The highest BCUT2D eigenvalue weighted by atomic mass is 16.5. The fourth-order valence-corrected chi connectivity index (χ4v) is 0.891. The maximum absolute atomic E-state index is 10.7. The van der Waals surface area contributed by atoms with Crippen LogP contribution in [-0.2, 0) is 0 Å². The van der Waals surface area contributed by atoms with Crippen molar-refractivity contribution < 1.29 is 14.8 Å². The van der Waals surface area contributed by atoms with Crippen LogP contribution in [0.5, 0.6) is 0 Å². The number of carboxylic acid groups (broad SMARTS) is 1. The average molecular weight is 195 g/mol. The number of nitrogens with zero attached hydrogens (tertiary/aromatic N) is 2. The monoisotopic (exact) mass is 195 g/mol. The summed E-state index contributed by atoms with van der Waals surface area (Å²) in [7, 11) is 1.19. The van der Waals surface area contributed by atoms with Crippen LogP contribution in [0, 0.1) is 5.21 Å². The van der Waals surface area contributed by atoms with Crippen LogP contribution in [0.15, 0.2) is 29.5 Å². The van der Waals surface area contributed by atoms with Gasteiger partial charge in [-0.3, -0.25) is 0 Å². The van der Waals surface area contributed by atoms with E-state index in [4.69, 9.17) is 5.11 Å². The third kappa shape index (κ3) is 2.44. The molecular weight excluding hydrogens is 186 g/mol. The Kier molecular flexibility index (Phi) is 3.01. The van der Waals surface area contributed by atoms with Gasteiger partial charge in [-0.15, -0.1) is 5.43 Å². The van der Waals surface area contributed by atoms with E-state index in [2.05, 4.69) is 10.6 Å². The number of hydrogen-bond donors (Lipinski definition) is 2. The van der Waals surface area contributed by atoms with Gasteiger partial charge in [0.2, 0.25) is 0 Å². The van der Waals surface area contributed by atoms with Crippen molar-refractivity contribution in [1.29, 1.82) is 0 Å².